The second-order valence-corrected chi connectivity index (χ2v) is 4.67. The average Bonchev–Trinajstić information content (AvgIpc) is 2.61. The minimum Gasteiger partial charge on any atom is -0.478 e. The molecular weight excluding hydrogens is 258 g/mol. The molecule has 1 saturated heterocycles. The van der Waals surface area contributed by atoms with Gasteiger partial charge in [-0.25, -0.2) is 9.78 Å². The number of nitrogens with one attached hydrogen (secondary N) is 1. The Kier molecular flexibility index (Phi) is 4.34. The number of amides is 1. The molecular formula is C14H17N3O3. The number of aliphatic carboxylic acids is 1. The highest BCUT2D eigenvalue weighted by Crippen LogP contribution is 2.19. The molecule has 106 valence electrons. The zero-order valence-electron chi connectivity index (χ0n) is 11.3. The zero-order valence-corrected chi connectivity index (χ0v) is 11.3. The second kappa shape index (κ2) is 6.18. The molecule has 1 amide bonds. The number of pyridine rings is 1. The number of anilines is 1. The maximum Gasteiger partial charge on any atom is 0.328 e. The molecule has 1 aromatic rings. The summed E-state index contributed by atoms with van der Waals surface area (Å²) in [7, 11) is 0. The molecule has 1 aliphatic rings. The Morgan fingerprint density at radius 2 is 2.30 bits per heavy atom. The number of rotatable bonds is 3. The van der Waals surface area contributed by atoms with Crippen molar-refractivity contribution in [1.29, 1.82) is 0 Å². The van der Waals surface area contributed by atoms with Gasteiger partial charge in [0.05, 0.1) is 0 Å². The van der Waals surface area contributed by atoms with Crippen molar-refractivity contribution in [3.63, 3.8) is 0 Å². The Labute approximate surface area is 117 Å². The molecule has 0 spiro atoms. The van der Waals surface area contributed by atoms with Crippen molar-refractivity contribution in [2.75, 3.05) is 24.5 Å². The molecule has 0 atom stereocenters. The number of carbonyl (C=O) groups excluding carboxylic acids is 1. The van der Waals surface area contributed by atoms with E-state index in [1.807, 2.05) is 13.0 Å². The monoisotopic (exact) mass is 275 g/mol. The number of carbonyl (C=O) groups is 2. The van der Waals surface area contributed by atoms with Crippen molar-refractivity contribution < 1.29 is 14.7 Å². The molecule has 0 aliphatic carbocycles. The minimum absolute atomic E-state index is 0.0613. The lowest BCUT2D eigenvalue weighted by molar-refractivity contribution is -0.131. The molecule has 1 aliphatic heterocycles. The van der Waals surface area contributed by atoms with Gasteiger partial charge in [-0.05, 0) is 30.2 Å². The highest BCUT2D eigenvalue weighted by atomic mass is 16.4. The van der Waals surface area contributed by atoms with Crippen LogP contribution in [0.3, 0.4) is 0 Å². The van der Waals surface area contributed by atoms with Crippen molar-refractivity contribution in [2.45, 2.75) is 13.3 Å². The lowest BCUT2D eigenvalue weighted by Crippen LogP contribution is -2.29. The van der Waals surface area contributed by atoms with Crippen molar-refractivity contribution in [1.82, 2.24) is 10.3 Å². The van der Waals surface area contributed by atoms with E-state index in [1.54, 1.807) is 6.20 Å². The number of carboxylic acid groups (broad SMARTS) is 1. The van der Waals surface area contributed by atoms with Crippen LogP contribution >= 0.6 is 0 Å². The molecule has 1 fully saturated rings. The summed E-state index contributed by atoms with van der Waals surface area (Å²) in [6.45, 7) is 3.91. The Morgan fingerprint density at radius 1 is 1.50 bits per heavy atom. The highest BCUT2D eigenvalue weighted by molar-refractivity contribution is 5.85. The van der Waals surface area contributed by atoms with Crippen LogP contribution in [0.1, 0.15) is 17.5 Å². The number of aryl methyl sites for hydroxylation is 1. The fourth-order valence-corrected chi connectivity index (χ4v) is 2.16. The van der Waals surface area contributed by atoms with E-state index in [0.717, 1.165) is 29.6 Å². The van der Waals surface area contributed by atoms with E-state index in [2.05, 4.69) is 15.2 Å². The first-order chi connectivity index (χ1) is 9.56. The SMILES string of the molecule is Cc1cc(/C=C/C(=O)O)cnc1N1CCNC(=O)CC1. The summed E-state index contributed by atoms with van der Waals surface area (Å²) >= 11 is 0. The molecule has 6 heteroatoms. The van der Waals surface area contributed by atoms with Gasteiger partial charge in [-0.3, -0.25) is 4.79 Å². The van der Waals surface area contributed by atoms with Crippen LogP contribution in [0.15, 0.2) is 18.3 Å². The van der Waals surface area contributed by atoms with Crippen LogP contribution in [0, 0.1) is 6.92 Å². The normalized spacial score (nSPS) is 16.1. The van der Waals surface area contributed by atoms with Crippen molar-refractivity contribution in [3.05, 3.63) is 29.5 Å². The number of nitrogens with zero attached hydrogens (tertiary/aromatic N) is 2. The smallest absolute Gasteiger partial charge is 0.328 e. The zero-order chi connectivity index (χ0) is 14.5. The average molecular weight is 275 g/mol. The Morgan fingerprint density at radius 3 is 3.00 bits per heavy atom. The Hall–Kier alpha value is -2.37. The standard InChI is InChI=1S/C14H17N3O3/c1-10-8-11(2-3-13(19)20)9-16-14(10)17-6-4-12(18)15-5-7-17/h2-3,8-9H,4-7H2,1H3,(H,15,18)(H,19,20)/b3-2+. The third kappa shape index (κ3) is 3.57. The van der Waals surface area contributed by atoms with E-state index in [1.165, 1.54) is 6.08 Å². The number of aromatic nitrogens is 1. The van der Waals surface area contributed by atoms with Gasteiger partial charge in [-0.2, -0.15) is 0 Å². The van der Waals surface area contributed by atoms with Gasteiger partial charge in [0.15, 0.2) is 0 Å². The number of hydrogen-bond donors (Lipinski definition) is 2. The summed E-state index contributed by atoms with van der Waals surface area (Å²) in [5, 5.41) is 11.4. The summed E-state index contributed by atoms with van der Waals surface area (Å²) in [5.74, 6) is -0.0797. The first-order valence-electron chi connectivity index (χ1n) is 6.45. The van der Waals surface area contributed by atoms with Crippen LogP contribution in [0.5, 0.6) is 0 Å². The van der Waals surface area contributed by atoms with Crippen LogP contribution in [0.2, 0.25) is 0 Å². The molecule has 0 unspecified atom stereocenters. The first-order valence-corrected chi connectivity index (χ1v) is 6.45. The van der Waals surface area contributed by atoms with Crippen LogP contribution in [0.4, 0.5) is 5.82 Å². The van der Waals surface area contributed by atoms with Gasteiger partial charge in [-0.1, -0.05) is 0 Å². The van der Waals surface area contributed by atoms with E-state index >= 15 is 0 Å². The largest absolute Gasteiger partial charge is 0.478 e. The number of hydrogen-bond acceptors (Lipinski definition) is 4. The maximum atomic E-state index is 11.3. The van der Waals surface area contributed by atoms with Crippen LogP contribution < -0.4 is 10.2 Å². The van der Waals surface area contributed by atoms with Crippen molar-refractivity contribution in [2.24, 2.45) is 0 Å². The maximum absolute atomic E-state index is 11.3. The van der Waals surface area contributed by atoms with E-state index in [-0.39, 0.29) is 5.91 Å². The molecule has 0 bridgehead atoms. The Balaban J connectivity index is 2.16. The summed E-state index contributed by atoms with van der Waals surface area (Å²) in [5.41, 5.74) is 1.71. The fraction of sp³-hybridized carbons (Fsp3) is 0.357. The van der Waals surface area contributed by atoms with Crippen LogP contribution in [-0.2, 0) is 9.59 Å². The van der Waals surface area contributed by atoms with E-state index in [9.17, 15) is 9.59 Å². The van der Waals surface area contributed by atoms with Gasteiger partial charge in [0.25, 0.3) is 0 Å². The quantitative estimate of drug-likeness (QED) is 0.798. The van der Waals surface area contributed by atoms with Crippen molar-refractivity contribution in [3.8, 4) is 0 Å². The summed E-state index contributed by atoms with van der Waals surface area (Å²) < 4.78 is 0. The molecule has 20 heavy (non-hydrogen) atoms. The molecule has 1 aromatic heterocycles. The molecule has 2 N–H and O–H groups in total. The predicted molar refractivity (Wildman–Crippen MR) is 75.5 cm³/mol. The van der Waals surface area contributed by atoms with Crippen LogP contribution in [-0.4, -0.2) is 41.6 Å². The first kappa shape index (κ1) is 14.0. The van der Waals surface area contributed by atoms with E-state index < -0.39 is 5.97 Å². The number of carboxylic acids is 1. The lowest BCUT2D eigenvalue weighted by atomic mass is 10.2. The van der Waals surface area contributed by atoms with Gasteiger partial charge in [0.2, 0.25) is 5.91 Å². The molecule has 0 radical (unpaired) electrons. The second-order valence-electron chi connectivity index (χ2n) is 4.67. The van der Waals surface area contributed by atoms with Crippen LogP contribution in [0.25, 0.3) is 6.08 Å². The molecule has 0 saturated carbocycles. The summed E-state index contributed by atoms with van der Waals surface area (Å²) in [6.07, 6.45) is 4.70. The predicted octanol–water partition coefficient (Wildman–Crippen LogP) is 0.814. The van der Waals surface area contributed by atoms with E-state index in [4.69, 9.17) is 5.11 Å². The molecule has 0 aromatic carbocycles. The molecule has 6 nitrogen and oxygen atoms in total. The van der Waals surface area contributed by atoms with E-state index in [0.29, 0.717) is 19.5 Å². The fourth-order valence-electron chi connectivity index (χ4n) is 2.16. The van der Waals surface area contributed by atoms with Gasteiger partial charge >= 0.3 is 5.97 Å². The lowest BCUT2D eigenvalue weighted by Gasteiger charge is -2.22. The minimum atomic E-state index is -0.983. The van der Waals surface area contributed by atoms with Gasteiger partial charge < -0.3 is 15.3 Å². The molecule has 2 rings (SSSR count). The Bertz CT molecular complexity index is 555. The van der Waals surface area contributed by atoms with Gasteiger partial charge in [-0.15, -0.1) is 0 Å². The van der Waals surface area contributed by atoms with Gasteiger partial charge in [0, 0.05) is 38.3 Å². The summed E-state index contributed by atoms with van der Waals surface area (Å²) in [6, 6.07) is 1.89. The third-order valence-electron chi connectivity index (χ3n) is 3.10. The topological polar surface area (TPSA) is 82.5 Å². The van der Waals surface area contributed by atoms with Gasteiger partial charge in [0.1, 0.15) is 5.82 Å². The summed E-state index contributed by atoms with van der Waals surface area (Å²) in [4.78, 5) is 28.3. The molecule has 2 heterocycles. The van der Waals surface area contributed by atoms with Crippen molar-refractivity contribution >= 4 is 23.8 Å². The highest BCUT2D eigenvalue weighted by Gasteiger charge is 2.16. The third-order valence-corrected chi connectivity index (χ3v) is 3.10.